The van der Waals surface area contributed by atoms with E-state index in [1.807, 2.05) is 0 Å². The van der Waals surface area contributed by atoms with Gasteiger partial charge >= 0.3 is 6.04 Å². The molecule has 3 nitrogen and oxygen atoms in total. The monoisotopic (exact) mass is 269 g/mol. The number of pyridine rings is 1. The molecule has 2 rings (SSSR count). The van der Waals surface area contributed by atoms with E-state index in [0.717, 1.165) is 0 Å². The van der Waals surface area contributed by atoms with Crippen molar-refractivity contribution in [1.82, 2.24) is 4.98 Å². The van der Waals surface area contributed by atoms with Crippen molar-refractivity contribution in [2.75, 3.05) is 0 Å². The predicted octanol–water partition coefficient (Wildman–Crippen LogP) is 2.81. The SMILES string of the molecule is O=C(F)c1ccc2c(O)c(Br)cnc2c1. The molecule has 0 aliphatic heterocycles. The number of carbonyl (C=O) groups is 1. The summed E-state index contributed by atoms with van der Waals surface area (Å²) < 4.78 is 12.9. The second-order valence-corrected chi connectivity index (χ2v) is 3.81. The lowest BCUT2D eigenvalue weighted by Gasteiger charge is -2.02. The minimum atomic E-state index is -1.51. The van der Waals surface area contributed by atoms with Crippen LogP contribution in [0.2, 0.25) is 0 Å². The number of benzene rings is 1. The normalized spacial score (nSPS) is 10.5. The van der Waals surface area contributed by atoms with Crippen LogP contribution < -0.4 is 0 Å². The van der Waals surface area contributed by atoms with Gasteiger partial charge in [-0.3, -0.25) is 9.78 Å². The van der Waals surface area contributed by atoms with Gasteiger partial charge in [0.05, 0.1) is 15.6 Å². The zero-order valence-electron chi connectivity index (χ0n) is 7.37. The Balaban J connectivity index is 2.75. The van der Waals surface area contributed by atoms with Crippen LogP contribution in [0.15, 0.2) is 28.9 Å². The summed E-state index contributed by atoms with van der Waals surface area (Å²) in [5, 5.41) is 10.1. The van der Waals surface area contributed by atoms with Gasteiger partial charge in [-0.1, -0.05) is 0 Å². The van der Waals surface area contributed by atoms with E-state index in [4.69, 9.17) is 0 Å². The summed E-state index contributed by atoms with van der Waals surface area (Å²) in [7, 11) is 0. The first kappa shape index (κ1) is 10.0. The number of nitrogens with zero attached hydrogens (tertiary/aromatic N) is 1. The van der Waals surface area contributed by atoms with Crippen molar-refractivity contribution in [3.8, 4) is 5.75 Å². The van der Waals surface area contributed by atoms with E-state index in [2.05, 4.69) is 20.9 Å². The van der Waals surface area contributed by atoms with E-state index in [1.54, 1.807) is 0 Å². The van der Waals surface area contributed by atoms with Gasteiger partial charge in [-0.25, -0.2) is 0 Å². The second kappa shape index (κ2) is 3.58. The summed E-state index contributed by atoms with van der Waals surface area (Å²) in [6, 6.07) is 2.54. The first-order valence-electron chi connectivity index (χ1n) is 4.06. The number of aromatic hydroxyl groups is 1. The maximum Gasteiger partial charge on any atom is 0.332 e. The summed E-state index contributed by atoms with van der Waals surface area (Å²) in [6.45, 7) is 0. The number of fused-ring (bicyclic) bond motifs is 1. The molecule has 0 saturated carbocycles. The van der Waals surface area contributed by atoms with Crippen LogP contribution in [0.3, 0.4) is 0 Å². The largest absolute Gasteiger partial charge is 0.506 e. The van der Waals surface area contributed by atoms with Gasteiger partial charge in [0.25, 0.3) is 0 Å². The van der Waals surface area contributed by atoms with Crippen LogP contribution in [0, 0.1) is 0 Å². The fourth-order valence-corrected chi connectivity index (χ4v) is 1.59. The highest BCUT2D eigenvalue weighted by Gasteiger charge is 2.09. The van der Waals surface area contributed by atoms with Crippen molar-refractivity contribution < 1.29 is 14.3 Å². The molecule has 5 heteroatoms. The van der Waals surface area contributed by atoms with Crippen molar-refractivity contribution in [3.05, 3.63) is 34.4 Å². The van der Waals surface area contributed by atoms with Crippen molar-refractivity contribution in [3.63, 3.8) is 0 Å². The van der Waals surface area contributed by atoms with Crippen molar-refractivity contribution in [2.24, 2.45) is 0 Å². The summed E-state index contributed by atoms with van der Waals surface area (Å²) in [4.78, 5) is 14.4. The smallest absolute Gasteiger partial charge is 0.332 e. The van der Waals surface area contributed by atoms with Crippen LogP contribution in [-0.2, 0) is 0 Å². The average Bonchev–Trinajstić information content (AvgIpc) is 2.23. The van der Waals surface area contributed by atoms with Gasteiger partial charge in [-0.05, 0) is 34.1 Å². The van der Waals surface area contributed by atoms with Crippen LogP contribution in [-0.4, -0.2) is 16.1 Å². The number of hydrogen-bond acceptors (Lipinski definition) is 3. The Labute approximate surface area is 92.7 Å². The number of rotatable bonds is 1. The average molecular weight is 270 g/mol. The van der Waals surface area contributed by atoms with Gasteiger partial charge in [0.15, 0.2) is 0 Å². The minimum absolute atomic E-state index is 0.0258. The lowest BCUT2D eigenvalue weighted by Crippen LogP contribution is -1.90. The van der Waals surface area contributed by atoms with E-state index in [9.17, 15) is 14.3 Å². The molecule has 0 bridgehead atoms. The molecule has 1 aromatic carbocycles. The standard InChI is InChI=1S/C10H5BrFNO2/c11-7-4-13-8-3-5(10(12)15)1-2-6(8)9(7)14/h1-4H,(H,13,14). The van der Waals surface area contributed by atoms with E-state index in [-0.39, 0.29) is 11.3 Å². The van der Waals surface area contributed by atoms with Gasteiger partial charge in [-0.2, -0.15) is 4.39 Å². The molecule has 0 unspecified atom stereocenters. The number of halogens is 2. The highest BCUT2D eigenvalue weighted by atomic mass is 79.9. The lowest BCUT2D eigenvalue weighted by molar-refractivity contribution is 0.0836. The molecule has 0 atom stereocenters. The number of hydrogen-bond donors (Lipinski definition) is 1. The van der Waals surface area contributed by atoms with Crippen LogP contribution in [0.25, 0.3) is 10.9 Å². The summed E-state index contributed by atoms with van der Waals surface area (Å²) in [5.74, 6) is 0.0258. The third-order valence-electron chi connectivity index (χ3n) is 2.02. The highest BCUT2D eigenvalue weighted by molar-refractivity contribution is 9.10. The topological polar surface area (TPSA) is 50.2 Å². The van der Waals surface area contributed by atoms with Crippen LogP contribution >= 0.6 is 15.9 Å². The van der Waals surface area contributed by atoms with Crippen LogP contribution in [0.5, 0.6) is 5.75 Å². The maximum atomic E-state index is 12.4. The lowest BCUT2D eigenvalue weighted by atomic mass is 10.1. The molecule has 0 aliphatic carbocycles. The first-order valence-corrected chi connectivity index (χ1v) is 4.86. The maximum absolute atomic E-state index is 12.4. The zero-order valence-corrected chi connectivity index (χ0v) is 8.95. The van der Waals surface area contributed by atoms with Crippen LogP contribution in [0.4, 0.5) is 4.39 Å². The highest BCUT2D eigenvalue weighted by Crippen LogP contribution is 2.31. The molecule has 0 amide bonds. The van der Waals surface area contributed by atoms with Crippen molar-refractivity contribution in [2.45, 2.75) is 0 Å². The Kier molecular flexibility index (Phi) is 2.40. The molecular weight excluding hydrogens is 265 g/mol. The van der Waals surface area contributed by atoms with Gasteiger partial charge in [0.2, 0.25) is 0 Å². The number of carbonyl (C=O) groups excluding carboxylic acids is 1. The molecule has 1 aromatic heterocycles. The Morgan fingerprint density at radius 2 is 2.20 bits per heavy atom. The summed E-state index contributed by atoms with van der Waals surface area (Å²) in [5.41, 5.74) is 0.302. The second-order valence-electron chi connectivity index (χ2n) is 2.96. The van der Waals surface area contributed by atoms with Crippen molar-refractivity contribution in [1.29, 1.82) is 0 Å². The fourth-order valence-electron chi connectivity index (χ4n) is 1.28. The van der Waals surface area contributed by atoms with E-state index < -0.39 is 6.04 Å². The molecule has 2 aromatic rings. The molecule has 76 valence electrons. The van der Waals surface area contributed by atoms with Gasteiger partial charge in [0.1, 0.15) is 5.75 Å². The first-order chi connectivity index (χ1) is 7.09. The van der Waals surface area contributed by atoms with Crippen LogP contribution in [0.1, 0.15) is 10.4 Å². The Morgan fingerprint density at radius 1 is 1.47 bits per heavy atom. The van der Waals surface area contributed by atoms with Gasteiger partial charge < -0.3 is 5.11 Å². The Hall–Kier alpha value is -1.49. The van der Waals surface area contributed by atoms with E-state index in [0.29, 0.717) is 15.4 Å². The molecule has 1 heterocycles. The zero-order chi connectivity index (χ0) is 11.0. The van der Waals surface area contributed by atoms with Gasteiger partial charge in [0, 0.05) is 11.6 Å². The van der Waals surface area contributed by atoms with Crippen molar-refractivity contribution >= 4 is 32.9 Å². The Morgan fingerprint density at radius 3 is 2.87 bits per heavy atom. The van der Waals surface area contributed by atoms with E-state index in [1.165, 1.54) is 24.4 Å². The minimum Gasteiger partial charge on any atom is -0.506 e. The third kappa shape index (κ3) is 1.70. The quantitative estimate of drug-likeness (QED) is 0.810. The molecule has 0 fully saturated rings. The summed E-state index contributed by atoms with van der Waals surface area (Å²) >= 11 is 3.11. The van der Waals surface area contributed by atoms with Gasteiger partial charge in [-0.15, -0.1) is 0 Å². The fraction of sp³-hybridized carbons (Fsp3) is 0. The summed E-state index contributed by atoms with van der Waals surface area (Å²) in [6.07, 6.45) is 1.39. The Bertz CT molecular complexity index is 556. The molecule has 1 N–H and O–H groups in total. The molecule has 0 spiro atoms. The molecule has 0 aliphatic rings. The molecule has 15 heavy (non-hydrogen) atoms. The predicted molar refractivity (Wildman–Crippen MR) is 56.5 cm³/mol. The molecular formula is C10H5BrFNO2. The van der Waals surface area contributed by atoms with E-state index >= 15 is 0 Å². The number of aromatic nitrogens is 1. The third-order valence-corrected chi connectivity index (χ3v) is 2.60. The molecule has 0 radical (unpaired) electrons. The molecule has 0 saturated heterocycles.